The van der Waals surface area contributed by atoms with Gasteiger partial charge in [0.1, 0.15) is 15.7 Å². The molecule has 1 spiro atoms. The van der Waals surface area contributed by atoms with Crippen LogP contribution in [0.25, 0.3) is 0 Å². The largest absolute Gasteiger partial charge is 0.370 e. The van der Waals surface area contributed by atoms with Gasteiger partial charge in [-0.2, -0.15) is 4.39 Å². The van der Waals surface area contributed by atoms with Gasteiger partial charge in [0.2, 0.25) is 5.95 Å². The quantitative estimate of drug-likeness (QED) is 0.497. The van der Waals surface area contributed by atoms with Crippen LogP contribution in [0.2, 0.25) is 10.0 Å². The molecule has 6 nitrogen and oxygen atoms in total. The van der Waals surface area contributed by atoms with Crippen molar-refractivity contribution in [1.82, 2.24) is 9.88 Å². The Kier molecular flexibility index (Phi) is 5.83. The maximum Gasteiger partial charge on any atom is 0.267 e. The van der Waals surface area contributed by atoms with Gasteiger partial charge in [-0.3, -0.25) is 4.72 Å². The van der Waals surface area contributed by atoms with Crippen molar-refractivity contribution >= 4 is 44.7 Å². The first-order valence-electron chi connectivity index (χ1n) is 9.78. The number of aromatic nitrogens is 1. The topological polar surface area (TPSA) is 65.5 Å². The van der Waals surface area contributed by atoms with E-state index in [0.717, 1.165) is 25.3 Å². The van der Waals surface area contributed by atoms with Crippen molar-refractivity contribution in [3.05, 3.63) is 46.1 Å². The van der Waals surface area contributed by atoms with E-state index in [9.17, 15) is 12.8 Å². The average molecular weight is 491 g/mol. The standard InChI is InChI=1S/C20H22Cl2F2N4O2S/c1-27(2)14-6-7-20(14)8-9-28(11-20)13-10-12(21)19(18(24)17(13)22)31(29,30)26-16-5-3-4-15(23)25-16/h3-5,10,14H,6-9,11H2,1-2H3,(H,25,26)/t14?,20-/m0/s1. The molecule has 1 N–H and O–H groups in total. The van der Waals surface area contributed by atoms with Crippen molar-refractivity contribution in [2.24, 2.45) is 5.41 Å². The van der Waals surface area contributed by atoms with Gasteiger partial charge in [-0.05, 0) is 51.6 Å². The van der Waals surface area contributed by atoms with Crippen molar-refractivity contribution in [1.29, 1.82) is 0 Å². The minimum absolute atomic E-state index is 0.116. The lowest BCUT2D eigenvalue weighted by molar-refractivity contribution is 0.0177. The van der Waals surface area contributed by atoms with Crippen LogP contribution in [0, 0.1) is 17.2 Å². The molecule has 1 aliphatic heterocycles. The molecule has 4 rings (SSSR count). The molecule has 168 valence electrons. The fourth-order valence-electron chi connectivity index (χ4n) is 4.76. The van der Waals surface area contributed by atoms with Crippen LogP contribution in [0.1, 0.15) is 19.3 Å². The number of benzene rings is 1. The van der Waals surface area contributed by atoms with E-state index in [1.54, 1.807) is 0 Å². The van der Waals surface area contributed by atoms with Crippen LogP contribution >= 0.6 is 23.2 Å². The first kappa shape index (κ1) is 22.5. The second-order valence-corrected chi connectivity index (χ2v) is 10.7. The molecule has 0 amide bonds. The summed E-state index contributed by atoms with van der Waals surface area (Å²) >= 11 is 12.5. The molecule has 11 heteroatoms. The van der Waals surface area contributed by atoms with Crippen molar-refractivity contribution < 1.29 is 17.2 Å². The summed E-state index contributed by atoms with van der Waals surface area (Å²) in [7, 11) is -0.379. The zero-order valence-corrected chi connectivity index (χ0v) is 19.3. The third-order valence-corrected chi connectivity index (χ3v) is 8.48. The zero-order valence-electron chi connectivity index (χ0n) is 17.0. The molecule has 1 saturated carbocycles. The molecule has 1 unspecified atom stereocenters. The molecular weight excluding hydrogens is 469 g/mol. The van der Waals surface area contributed by atoms with Crippen LogP contribution < -0.4 is 9.62 Å². The normalized spacial score (nSPS) is 23.5. The van der Waals surface area contributed by atoms with Crippen LogP contribution in [0.15, 0.2) is 29.2 Å². The van der Waals surface area contributed by atoms with Gasteiger partial charge in [-0.25, -0.2) is 17.8 Å². The minimum Gasteiger partial charge on any atom is -0.370 e. The number of nitrogens with zero attached hydrogens (tertiary/aromatic N) is 3. The number of hydrogen-bond donors (Lipinski definition) is 1. The zero-order chi connectivity index (χ0) is 22.6. The molecule has 0 bridgehead atoms. The van der Waals surface area contributed by atoms with E-state index >= 15 is 4.39 Å². The molecule has 2 fully saturated rings. The Morgan fingerprint density at radius 3 is 2.61 bits per heavy atom. The van der Waals surface area contributed by atoms with Crippen LogP contribution in [0.5, 0.6) is 0 Å². The van der Waals surface area contributed by atoms with Crippen LogP contribution in [0.4, 0.5) is 20.3 Å². The SMILES string of the molecule is CN(C)C1CC[C@@]12CCN(c1cc(Cl)c(S(=O)(=O)Nc3cccc(F)n3)c(F)c1Cl)C2. The molecule has 2 atom stereocenters. The van der Waals surface area contributed by atoms with Crippen molar-refractivity contribution in [3.8, 4) is 0 Å². The van der Waals surface area contributed by atoms with E-state index in [-0.39, 0.29) is 21.3 Å². The Labute approximate surface area is 190 Å². The lowest BCUT2D eigenvalue weighted by Crippen LogP contribution is -2.54. The highest BCUT2D eigenvalue weighted by molar-refractivity contribution is 7.92. The predicted octanol–water partition coefficient (Wildman–Crippen LogP) is 4.39. The first-order valence-corrected chi connectivity index (χ1v) is 12.0. The number of hydrogen-bond acceptors (Lipinski definition) is 5. The average Bonchev–Trinajstić information content (AvgIpc) is 3.10. The number of anilines is 2. The van der Waals surface area contributed by atoms with Crippen molar-refractivity contribution in [2.45, 2.75) is 30.2 Å². The number of sulfonamides is 1. The van der Waals surface area contributed by atoms with Gasteiger partial charge in [0.05, 0.1) is 10.7 Å². The monoisotopic (exact) mass is 490 g/mol. The summed E-state index contributed by atoms with van der Waals surface area (Å²) in [6.07, 6.45) is 3.14. The van der Waals surface area contributed by atoms with E-state index in [1.807, 2.05) is 9.62 Å². The maximum absolute atomic E-state index is 15.2. The fourth-order valence-corrected chi connectivity index (χ4v) is 6.72. The molecule has 1 aliphatic carbocycles. The van der Waals surface area contributed by atoms with E-state index < -0.39 is 26.7 Å². The van der Waals surface area contributed by atoms with E-state index in [4.69, 9.17) is 23.2 Å². The summed E-state index contributed by atoms with van der Waals surface area (Å²) in [4.78, 5) is 6.81. The Morgan fingerprint density at radius 1 is 1.26 bits per heavy atom. The van der Waals surface area contributed by atoms with E-state index in [1.165, 1.54) is 18.2 Å². The highest BCUT2D eigenvalue weighted by Gasteiger charge is 2.52. The summed E-state index contributed by atoms with van der Waals surface area (Å²) in [5.41, 5.74) is 0.485. The number of rotatable bonds is 5. The van der Waals surface area contributed by atoms with E-state index in [2.05, 4.69) is 24.0 Å². The van der Waals surface area contributed by atoms with Gasteiger partial charge >= 0.3 is 0 Å². The van der Waals surface area contributed by atoms with Gasteiger partial charge < -0.3 is 9.80 Å². The van der Waals surface area contributed by atoms with E-state index in [0.29, 0.717) is 24.8 Å². The third kappa shape index (κ3) is 3.97. The van der Waals surface area contributed by atoms with Crippen molar-refractivity contribution in [2.75, 3.05) is 36.8 Å². The lowest BCUT2D eigenvalue weighted by atomic mass is 9.63. The first-order chi connectivity index (χ1) is 14.5. The number of nitrogens with one attached hydrogen (secondary N) is 1. The lowest BCUT2D eigenvalue weighted by Gasteiger charge is -2.50. The minimum atomic E-state index is -4.49. The van der Waals surface area contributed by atoms with Gasteiger partial charge in [0, 0.05) is 24.5 Å². The Bertz CT molecular complexity index is 1130. The molecule has 1 aromatic heterocycles. The number of pyridine rings is 1. The van der Waals surface area contributed by atoms with Gasteiger partial charge in [0.15, 0.2) is 5.82 Å². The summed E-state index contributed by atoms with van der Waals surface area (Å²) in [5.74, 6) is -2.32. The molecule has 2 aromatic rings. The molecule has 1 aromatic carbocycles. The summed E-state index contributed by atoms with van der Waals surface area (Å²) in [6, 6.07) is 5.40. The molecule has 0 radical (unpaired) electrons. The smallest absolute Gasteiger partial charge is 0.267 e. The molecular formula is C20H22Cl2F2N4O2S. The molecule has 2 aliphatic rings. The maximum atomic E-state index is 15.2. The predicted molar refractivity (Wildman–Crippen MR) is 117 cm³/mol. The third-order valence-electron chi connectivity index (χ3n) is 6.29. The van der Waals surface area contributed by atoms with Crippen molar-refractivity contribution in [3.63, 3.8) is 0 Å². The Hall–Kier alpha value is -1.68. The molecule has 31 heavy (non-hydrogen) atoms. The Balaban J connectivity index is 1.64. The Morgan fingerprint density at radius 2 is 2.00 bits per heavy atom. The highest BCUT2D eigenvalue weighted by Crippen LogP contribution is 2.52. The van der Waals surface area contributed by atoms with Gasteiger partial charge in [-0.15, -0.1) is 0 Å². The van der Waals surface area contributed by atoms with Gasteiger partial charge in [0.25, 0.3) is 10.0 Å². The fraction of sp³-hybridized carbons (Fsp3) is 0.450. The van der Waals surface area contributed by atoms with Gasteiger partial charge in [-0.1, -0.05) is 29.3 Å². The van der Waals surface area contributed by atoms with Crippen LogP contribution in [-0.4, -0.2) is 51.5 Å². The highest BCUT2D eigenvalue weighted by atomic mass is 35.5. The second-order valence-electron chi connectivity index (χ2n) is 8.34. The van der Waals surface area contributed by atoms with Crippen LogP contribution in [-0.2, 0) is 10.0 Å². The second kappa shape index (κ2) is 8.03. The molecule has 2 heterocycles. The summed E-state index contributed by atoms with van der Waals surface area (Å²) in [5, 5.41) is -0.616. The summed E-state index contributed by atoms with van der Waals surface area (Å²) < 4.78 is 56.0. The number of halogens is 4. The summed E-state index contributed by atoms with van der Waals surface area (Å²) in [6.45, 7) is 1.38. The molecule has 1 saturated heterocycles. The van der Waals surface area contributed by atoms with Crippen LogP contribution in [0.3, 0.4) is 0 Å².